The first-order valence-corrected chi connectivity index (χ1v) is 15.9. The van der Waals surface area contributed by atoms with Gasteiger partial charge in [0.05, 0.1) is 0 Å². The standard InChI is InChI=1S/C39H28N4O.Pt/c1-26-21-27(2)39(28(3)22-26)42-25-41(35-15-6-7-16-36(35)42)29-11-10-12-30(23-29)44-31-18-19-33-32-13-4-5-14-34(32)43(37(33)24-31)38-17-8-9-20-40-38;/h4-22H,1-3H3;/q-2;. The number of imidazole rings is 1. The predicted molar refractivity (Wildman–Crippen MR) is 176 cm³/mol. The summed E-state index contributed by atoms with van der Waals surface area (Å²) in [5, 5.41) is 2.25. The van der Waals surface area contributed by atoms with Crippen LogP contribution in [-0.2, 0) is 19.4 Å². The Morgan fingerprint density at radius 2 is 1.31 bits per heavy atom. The van der Waals surface area contributed by atoms with E-state index in [0.717, 1.165) is 48.1 Å². The molecule has 45 heavy (non-hydrogen) atoms. The minimum atomic E-state index is 0.615. The van der Waals surface area contributed by atoms with Crippen LogP contribution < -0.4 is 4.74 Å². The third kappa shape index (κ3) is 4.58. The van der Waals surface area contributed by atoms with Crippen molar-refractivity contribution in [1.29, 1.82) is 0 Å². The summed E-state index contributed by atoms with van der Waals surface area (Å²) in [5.41, 5.74) is 10.1. The molecule has 0 bridgehead atoms. The van der Waals surface area contributed by atoms with Crippen molar-refractivity contribution in [2.75, 3.05) is 0 Å². The van der Waals surface area contributed by atoms with E-state index in [-0.39, 0.29) is 0 Å². The number of para-hydroxylation sites is 3. The molecule has 0 aliphatic carbocycles. The van der Waals surface area contributed by atoms with Crippen molar-refractivity contribution in [3.05, 3.63) is 148 Å². The summed E-state index contributed by atoms with van der Waals surface area (Å²) in [7, 11) is 0. The normalized spacial score (nSPS) is 11.6. The van der Waals surface area contributed by atoms with Crippen LogP contribution in [0.25, 0.3) is 50.0 Å². The van der Waals surface area contributed by atoms with Gasteiger partial charge in [-0.2, -0.15) is 0 Å². The maximum absolute atomic E-state index is 6.46. The first kappa shape index (κ1) is 27.5. The van der Waals surface area contributed by atoms with E-state index >= 15 is 0 Å². The Kier molecular flexibility index (Phi) is 6.65. The summed E-state index contributed by atoms with van der Waals surface area (Å²) in [6.07, 6.45) is 1.81. The quantitative estimate of drug-likeness (QED) is 0.164. The molecular weight excluding hydrogens is 736 g/mol. The van der Waals surface area contributed by atoms with Crippen LogP contribution in [0.3, 0.4) is 0 Å². The molecule has 8 rings (SSSR count). The van der Waals surface area contributed by atoms with Crippen molar-refractivity contribution < 1.29 is 24.1 Å². The zero-order valence-corrected chi connectivity index (χ0v) is 27.3. The van der Waals surface area contributed by atoms with Gasteiger partial charge in [-0.1, -0.05) is 18.2 Å². The van der Waals surface area contributed by atoms with E-state index in [9.17, 15) is 0 Å². The molecule has 222 valence electrons. The molecule has 3 aromatic heterocycles. The van der Waals surface area contributed by atoms with Gasteiger partial charge in [0.1, 0.15) is 0 Å². The summed E-state index contributed by atoms with van der Waals surface area (Å²) in [6.45, 7) is 6.52. The molecule has 0 saturated carbocycles. The fourth-order valence-corrected chi connectivity index (χ4v) is 7.56. The predicted octanol–water partition coefficient (Wildman–Crippen LogP) is 9.31. The van der Waals surface area contributed by atoms with Crippen molar-refractivity contribution in [3.8, 4) is 28.7 Å². The zero-order chi connectivity index (χ0) is 30.7. The number of aryl methyl sites for hydroxylation is 3. The maximum atomic E-state index is 6.46. The van der Waals surface area contributed by atoms with Gasteiger partial charge in [0.25, 0.3) is 0 Å². The molecule has 0 radical (unpaired) electrons. The molecular formula is C39H28N4OPt-2. The number of rotatable bonds is 5. The molecule has 0 spiro atoms. The number of benzene rings is 5. The summed E-state index contributed by atoms with van der Waals surface area (Å²) >= 11 is 2.43. The Morgan fingerprint density at radius 1 is 0.622 bits per heavy atom. The first-order valence-electron chi connectivity index (χ1n) is 14.8. The number of fused-ring (bicyclic) bond motifs is 4. The van der Waals surface area contributed by atoms with Crippen molar-refractivity contribution in [1.82, 2.24) is 18.7 Å². The van der Waals surface area contributed by atoms with Crippen LogP contribution in [0, 0.1) is 36.7 Å². The first-order chi connectivity index (χ1) is 22.0. The number of nitrogens with zero attached hydrogens (tertiary/aromatic N) is 4. The van der Waals surface area contributed by atoms with Crippen LogP contribution in [0.5, 0.6) is 11.5 Å². The Morgan fingerprint density at radius 3 is 2.07 bits per heavy atom. The SMILES string of the molecule is Cc1cc(C)c(-n2[c](=[Pt])n(-c3[c-]c(Oc4[c-]c5c(cc4)c4ccccc4n5-c4ccccn4)ccc3)c3ccccc32)c(C)c1. The van der Waals surface area contributed by atoms with Gasteiger partial charge in [0.15, 0.2) is 0 Å². The Hall–Kier alpha value is -4.99. The van der Waals surface area contributed by atoms with Gasteiger partial charge in [-0.05, 0) is 6.07 Å². The van der Waals surface area contributed by atoms with Gasteiger partial charge >= 0.3 is 243 Å². The van der Waals surface area contributed by atoms with Crippen LogP contribution in [-0.4, -0.2) is 18.7 Å². The average molecular weight is 764 g/mol. The summed E-state index contributed by atoms with van der Waals surface area (Å²) in [6, 6.07) is 44.5. The Balaban J connectivity index is 1.24. The molecule has 5 nitrogen and oxygen atoms in total. The monoisotopic (exact) mass is 763 g/mol. The molecule has 0 unspecified atom stereocenters. The molecule has 0 aliphatic heterocycles. The van der Waals surface area contributed by atoms with Crippen LogP contribution in [0.4, 0.5) is 0 Å². The van der Waals surface area contributed by atoms with E-state index in [2.05, 4.69) is 144 Å². The van der Waals surface area contributed by atoms with Crippen molar-refractivity contribution >= 4 is 32.8 Å². The Bertz CT molecular complexity index is 2440. The van der Waals surface area contributed by atoms with E-state index in [1.54, 1.807) is 0 Å². The molecule has 0 atom stereocenters. The van der Waals surface area contributed by atoms with E-state index in [4.69, 9.17) is 4.74 Å². The molecule has 3 heterocycles. The molecule has 0 aliphatic rings. The molecule has 0 N–H and O–H groups in total. The van der Waals surface area contributed by atoms with Crippen molar-refractivity contribution in [2.24, 2.45) is 0 Å². The zero-order valence-electron chi connectivity index (χ0n) is 25.0. The van der Waals surface area contributed by atoms with Gasteiger partial charge < -0.3 is 0 Å². The van der Waals surface area contributed by atoms with Gasteiger partial charge in [-0.15, -0.1) is 0 Å². The summed E-state index contributed by atoms with van der Waals surface area (Å²) in [5.74, 6) is 2.07. The van der Waals surface area contributed by atoms with Gasteiger partial charge in [0.2, 0.25) is 0 Å². The van der Waals surface area contributed by atoms with Gasteiger partial charge in [-0.3, -0.25) is 0 Å². The summed E-state index contributed by atoms with van der Waals surface area (Å²) in [4.78, 5) is 4.64. The second kappa shape index (κ2) is 10.9. The van der Waals surface area contributed by atoms with E-state index in [1.165, 1.54) is 22.4 Å². The van der Waals surface area contributed by atoms with Gasteiger partial charge in [0, 0.05) is 6.20 Å². The minimum absolute atomic E-state index is 0.615. The van der Waals surface area contributed by atoms with Crippen LogP contribution in [0.15, 0.2) is 115 Å². The third-order valence-corrected chi connectivity index (χ3v) is 9.23. The van der Waals surface area contributed by atoms with E-state index in [0.29, 0.717) is 11.5 Å². The topological polar surface area (TPSA) is 36.9 Å². The van der Waals surface area contributed by atoms with E-state index < -0.39 is 0 Å². The number of hydrogen-bond donors (Lipinski definition) is 0. The molecule has 0 saturated heterocycles. The average Bonchev–Trinajstić information content (AvgIpc) is 3.52. The second-order valence-corrected chi connectivity index (χ2v) is 12.3. The fraction of sp³-hybridized carbons (Fsp3) is 0.0769. The van der Waals surface area contributed by atoms with Crippen LogP contribution >= 0.6 is 0 Å². The summed E-state index contributed by atoms with van der Waals surface area (Å²) < 4.78 is 14.3. The Labute approximate surface area is 272 Å². The number of pyridine rings is 1. The number of ether oxygens (including phenoxy) is 1. The second-order valence-electron chi connectivity index (χ2n) is 11.3. The van der Waals surface area contributed by atoms with Crippen LogP contribution in [0.1, 0.15) is 16.7 Å². The molecule has 5 aromatic carbocycles. The number of hydrogen-bond acceptors (Lipinski definition) is 2. The van der Waals surface area contributed by atoms with Crippen LogP contribution in [0.2, 0.25) is 0 Å². The van der Waals surface area contributed by atoms with Crippen molar-refractivity contribution in [2.45, 2.75) is 20.8 Å². The van der Waals surface area contributed by atoms with E-state index in [1.807, 2.05) is 42.6 Å². The molecule has 6 heteroatoms. The van der Waals surface area contributed by atoms with Crippen molar-refractivity contribution in [3.63, 3.8) is 0 Å². The molecule has 0 fully saturated rings. The van der Waals surface area contributed by atoms with Gasteiger partial charge in [-0.25, -0.2) is 0 Å². The number of aromatic nitrogens is 4. The molecule has 0 amide bonds. The molecule has 8 aromatic rings. The fourth-order valence-electron chi connectivity index (χ4n) is 6.48. The third-order valence-electron chi connectivity index (χ3n) is 8.21.